The predicted molar refractivity (Wildman–Crippen MR) is 82.8 cm³/mol. The van der Waals surface area contributed by atoms with Gasteiger partial charge in [-0.05, 0) is 47.3 Å². The minimum absolute atomic E-state index is 0.443. The first kappa shape index (κ1) is 16.1. The quantitative estimate of drug-likeness (QED) is 0.538. The van der Waals surface area contributed by atoms with Crippen LogP contribution in [0.1, 0.15) is 87.5 Å². The first-order chi connectivity index (χ1) is 8.05. The molecule has 0 aromatic carbocycles. The fraction of sp³-hybridized carbons (Fsp3) is 1.00. The maximum atomic E-state index is 2.54. The van der Waals surface area contributed by atoms with E-state index in [9.17, 15) is 0 Å². The molecule has 0 saturated heterocycles. The topological polar surface area (TPSA) is 0 Å². The van der Waals surface area contributed by atoms with E-state index in [2.05, 4.69) is 55.4 Å². The lowest BCUT2D eigenvalue weighted by molar-refractivity contribution is -0.0696. The van der Waals surface area contributed by atoms with Gasteiger partial charge in [0, 0.05) is 0 Å². The molecule has 2 atom stereocenters. The highest BCUT2D eigenvalue weighted by atomic mass is 14.5. The molecule has 0 aromatic rings. The van der Waals surface area contributed by atoms with Gasteiger partial charge in [0.2, 0.25) is 0 Å². The molecular weight excluding hydrogens is 216 g/mol. The van der Waals surface area contributed by atoms with E-state index < -0.39 is 0 Å². The average molecular weight is 252 g/mol. The Kier molecular flexibility index (Phi) is 4.62. The third kappa shape index (κ3) is 3.11. The molecule has 0 heteroatoms. The van der Waals surface area contributed by atoms with E-state index in [0.717, 1.165) is 11.8 Å². The number of hydrogen-bond donors (Lipinski definition) is 0. The van der Waals surface area contributed by atoms with E-state index in [4.69, 9.17) is 0 Å². The maximum absolute atomic E-state index is 2.54. The van der Waals surface area contributed by atoms with Gasteiger partial charge in [0.1, 0.15) is 0 Å². The fourth-order valence-corrected chi connectivity index (χ4v) is 4.64. The lowest BCUT2D eigenvalue weighted by Gasteiger charge is -2.57. The molecule has 1 fully saturated rings. The first-order valence-corrected chi connectivity index (χ1v) is 8.05. The van der Waals surface area contributed by atoms with Crippen LogP contribution in [0.25, 0.3) is 0 Å². The molecule has 0 radical (unpaired) electrons. The summed E-state index contributed by atoms with van der Waals surface area (Å²) >= 11 is 0. The summed E-state index contributed by atoms with van der Waals surface area (Å²) in [5.74, 6) is 1.73. The molecule has 0 heterocycles. The summed E-state index contributed by atoms with van der Waals surface area (Å²) in [5, 5.41) is 0. The Labute approximate surface area is 116 Å². The second-order valence-corrected chi connectivity index (χ2v) is 8.84. The van der Waals surface area contributed by atoms with Gasteiger partial charge < -0.3 is 0 Å². The van der Waals surface area contributed by atoms with E-state index in [1.807, 2.05) is 0 Å². The minimum Gasteiger partial charge on any atom is -0.0651 e. The van der Waals surface area contributed by atoms with Gasteiger partial charge in [0.25, 0.3) is 0 Å². The molecule has 1 aliphatic rings. The van der Waals surface area contributed by atoms with Crippen molar-refractivity contribution in [2.24, 2.45) is 28.1 Å². The Bertz CT molecular complexity index is 262. The van der Waals surface area contributed by atoms with E-state index in [1.165, 1.54) is 32.1 Å². The molecule has 0 aliphatic heterocycles. The standard InChI is InChI=1S/C18H36/c1-9-14(2)18(11-10-12-18)15(3)17(7,8)13-16(4,5)6/h14-15H,9-13H2,1-8H3. The summed E-state index contributed by atoms with van der Waals surface area (Å²) < 4.78 is 0. The lowest BCUT2D eigenvalue weighted by Crippen LogP contribution is -2.48. The molecule has 1 aliphatic carbocycles. The second kappa shape index (κ2) is 5.17. The van der Waals surface area contributed by atoms with E-state index in [1.54, 1.807) is 0 Å². The van der Waals surface area contributed by atoms with Gasteiger partial charge in [-0.25, -0.2) is 0 Å². The third-order valence-electron chi connectivity index (χ3n) is 5.90. The summed E-state index contributed by atoms with van der Waals surface area (Å²) in [4.78, 5) is 0. The molecular formula is C18H36. The van der Waals surface area contributed by atoms with Gasteiger partial charge in [-0.1, -0.05) is 68.2 Å². The smallest absolute Gasteiger partial charge is 0.0241 e. The average Bonchev–Trinajstić information content (AvgIpc) is 2.11. The summed E-state index contributed by atoms with van der Waals surface area (Å²) in [7, 11) is 0. The van der Waals surface area contributed by atoms with Crippen LogP contribution >= 0.6 is 0 Å². The molecule has 0 aromatic heterocycles. The summed E-state index contributed by atoms with van der Waals surface area (Å²) in [5.41, 5.74) is 1.55. The largest absolute Gasteiger partial charge is 0.0651 e. The molecule has 1 rings (SSSR count). The van der Waals surface area contributed by atoms with Crippen molar-refractivity contribution in [1.82, 2.24) is 0 Å². The first-order valence-electron chi connectivity index (χ1n) is 8.05. The molecule has 0 nitrogen and oxygen atoms in total. The molecule has 0 spiro atoms. The normalized spacial score (nSPS) is 23.3. The van der Waals surface area contributed by atoms with Gasteiger partial charge in [0.05, 0.1) is 0 Å². The second-order valence-electron chi connectivity index (χ2n) is 8.84. The summed E-state index contributed by atoms with van der Waals surface area (Å²) in [6, 6.07) is 0. The Morgan fingerprint density at radius 1 is 1.00 bits per heavy atom. The monoisotopic (exact) mass is 252 g/mol. The van der Waals surface area contributed by atoms with Crippen molar-refractivity contribution in [2.45, 2.75) is 87.5 Å². The number of rotatable bonds is 5. The highest BCUT2D eigenvalue weighted by molar-refractivity contribution is 5.00. The Morgan fingerprint density at radius 3 is 1.78 bits per heavy atom. The molecule has 0 bridgehead atoms. The van der Waals surface area contributed by atoms with Crippen molar-refractivity contribution in [3.63, 3.8) is 0 Å². The van der Waals surface area contributed by atoms with Crippen molar-refractivity contribution < 1.29 is 0 Å². The zero-order valence-electron chi connectivity index (χ0n) is 14.2. The van der Waals surface area contributed by atoms with Crippen molar-refractivity contribution in [2.75, 3.05) is 0 Å². The number of hydrogen-bond acceptors (Lipinski definition) is 0. The van der Waals surface area contributed by atoms with Crippen LogP contribution in [0.15, 0.2) is 0 Å². The Hall–Kier alpha value is 0. The summed E-state index contributed by atoms with van der Waals surface area (Å²) in [6.07, 6.45) is 7.07. The zero-order chi connectivity index (χ0) is 14.2. The fourth-order valence-electron chi connectivity index (χ4n) is 4.64. The Morgan fingerprint density at radius 2 is 1.50 bits per heavy atom. The van der Waals surface area contributed by atoms with Crippen molar-refractivity contribution in [3.05, 3.63) is 0 Å². The van der Waals surface area contributed by atoms with Crippen LogP contribution in [0, 0.1) is 28.1 Å². The van der Waals surface area contributed by atoms with E-state index >= 15 is 0 Å². The molecule has 1 saturated carbocycles. The van der Waals surface area contributed by atoms with E-state index in [-0.39, 0.29) is 0 Å². The van der Waals surface area contributed by atoms with Gasteiger partial charge in [-0.15, -0.1) is 0 Å². The van der Waals surface area contributed by atoms with Crippen molar-refractivity contribution in [1.29, 1.82) is 0 Å². The van der Waals surface area contributed by atoms with Gasteiger partial charge in [-0.2, -0.15) is 0 Å². The van der Waals surface area contributed by atoms with Gasteiger partial charge in [-0.3, -0.25) is 0 Å². The minimum atomic E-state index is 0.443. The van der Waals surface area contributed by atoms with Crippen LogP contribution in [0.5, 0.6) is 0 Å². The zero-order valence-corrected chi connectivity index (χ0v) is 14.2. The predicted octanol–water partition coefficient (Wildman–Crippen LogP) is 6.30. The van der Waals surface area contributed by atoms with Crippen LogP contribution in [0.4, 0.5) is 0 Å². The third-order valence-corrected chi connectivity index (χ3v) is 5.90. The summed E-state index contributed by atoms with van der Waals surface area (Å²) in [6.45, 7) is 19.6. The lowest BCUT2D eigenvalue weighted by atomic mass is 9.48. The van der Waals surface area contributed by atoms with Gasteiger partial charge in [0.15, 0.2) is 0 Å². The van der Waals surface area contributed by atoms with Crippen LogP contribution in [-0.4, -0.2) is 0 Å². The highest BCUT2D eigenvalue weighted by Gasteiger charge is 2.50. The van der Waals surface area contributed by atoms with Crippen LogP contribution in [0.2, 0.25) is 0 Å². The van der Waals surface area contributed by atoms with Crippen LogP contribution < -0.4 is 0 Å². The molecule has 2 unspecified atom stereocenters. The maximum Gasteiger partial charge on any atom is -0.0241 e. The van der Waals surface area contributed by atoms with Crippen LogP contribution in [-0.2, 0) is 0 Å². The SMILES string of the molecule is CCC(C)C1(C(C)C(C)(C)CC(C)(C)C)CCC1. The van der Waals surface area contributed by atoms with Gasteiger partial charge >= 0.3 is 0 Å². The molecule has 18 heavy (non-hydrogen) atoms. The molecule has 0 amide bonds. The van der Waals surface area contributed by atoms with Crippen molar-refractivity contribution >= 4 is 0 Å². The van der Waals surface area contributed by atoms with E-state index in [0.29, 0.717) is 16.2 Å². The van der Waals surface area contributed by atoms with Crippen LogP contribution in [0.3, 0.4) is 0 Å². The molecule has 108 valence electrons. The molecule has 0 N–H and O–H groups in total. The van der Waals surface area contributed by atoms with Crippen molar-refractivity contribution in [3.8, 4) is 0 Å². The highest BCUT2D eigenvalue weighted by Crippen LogP contribution is 2.59. The Balaban J connectivity index is 2.87.